The summed E-state index contributed by atoms with van der Waals surface area (Å²) < 4.78 is 1.73. The summed E-state index contributed by atoms with van der Waals surface area (Å²) in [6, 6.07) is 8.59. The van der Waals surface area contributed by atoms with Crippen LogP contribution in [0.2, 0.25) is 0 Å². The predicted molar refractivity (Wildman–Crippen MR) is 89.4 cm³/mol. The standard InChI is InChI=1S/C17H19N5O2/c1-11-14(12(2)21(4)20-11)10-18-22-15(23)17(3,19-16(22)24)13-8-6-5-7-9-13/h5-10H,1-4H3,(H,19,24)/b18-10-/t17-/m0/s1. The van der Waals surface area contributed by atoms with Crippen molar-refractivity contribution in [2.75, 3.05) is 0 Å². The molecule has 2 aromatic rings. The lowest BCUT2D eigenvalue weighted by atomic mass is 9.92. The number of imide groups is 1. The third kappa shape index (κ3) is 2.38. The first kappa shape index (κ1) is 15.9. The topological polar surface area (TPSA) is 79.6 Å². The fourth-order valence-electron chi connectivity index (χ4n) is 2.79. The van der Waals surface area contributed by atoms with Crippen molar-refractivity contribution in [2.24, 2.45) is 12.1 Å². The van der Waals surface area contributed by atoms with Crippen molar-refractivity contribution in [3.63, 3.8) is 0 Å². The zero-order valence-electron chi connectivity index (χ0n) is 14.1. The van der Waals surface area contributed by atoms with E-state index in [-0.39, 0.29) is 0 Å². The van der Waals surface area contributed by atoms with Gasteiger partial charge in [0.2, 0.25) is 0 Å². The number of carbonyl (C=O) groups is 2. The Morgan fingerprint density at radius 2 is 1.88 bits per heavy atom. The molecule has 0 spiro atoms. The van der Waals surface area contributed by atoms with Gasteiger partial charge in [0, 0.05) is 18.3 Å². The number of carbonyl (C=O) groups excluding carboxylic acids is 2. The number of nitrogens with zero attached hydrogens (tertiary/aromatic N) is 4. The molecule has 1 atom stereocenters. The van der Waals surface area contributed by atoms with Crippen molar-refractivity contribution >= 4 is 18.2 Å². The number of rotatable bonds is 3. The highest BCUT2D eigenvalue weighted by molar-refractivity contribution is 6.07. The first-order valence-corrected chi connectivity index (χ1v) is 7.61. The van der Waals surface area contributed by atoms with Crippen molar-refractivity contribution in [1.29, 1.82) is 0 Å². The molecule has 0 bridgehead atoms. The minimum absolute atomic E-state index is 0.408. The molecule has 3 amide bonds. The largest absolute Gasteiger partial charge is 0.346 e. The summed E-state index contributed by atoms with van der Waals surface area (Å²) in [5, 5.41) is 12.0. The summed E-state index contributed by atoms with van der Waals surface area (Å²) in [6.45, 7) is 5.44. The molecule has 7 heteroatoms. The lowest BCUT2D eigenvalue weighted by Gasteiger charge is -2.20. The average Bonchev–Trinajstić information content (AvgIpc) is 2.93. The van der Waals surface area contributed by atoms with Gasteiger partial charge in [-0.05, 0) is 26.3 Å². The first-order chi connectivity index (χ1) is 11.3. The molecule has 1 N–H and O–H groups in total. The molecular weight excluding hydrogens is 306 g/mol. The van der Waals surface area contributed by atoms with Crippen LogP contribution in [0, 0.1) is 13.8 Å². The van der Waals surface area contributed by atoms with Gasteiger partial charge >= 0.3 is 6.03 Å². The van der Waals surface area contributed by atoms with Crippen molar-refractivity contribution in [1.82, 2.24) is 20.1 Å². The SMILES string of the molecule is Cc1nn(C)c(C)c1/C=N\N1C(=O)N[C@@](C)(c2ccccc2)C1=O. The number of hydrazone groups is 1. The Bertz CT molecular complexity index is 840. The molecule has 124 valence electrons. The van der Waals surface area contributed by atoms with Crippen molar-refractivity contribution in [2.45, 2.75) is 26.3 Å². The lowest BCUT2D eigenvalue weighted by molar-refractivity contribution is -0.131. The second kappa shape index (κ2) is 5.59. The van der Waals surface area contributed by atoms with Crippen molar-refractivity contribution < 1.29 is 9.59 Å². The van der Waals surface area contributed by atoms with Crippen LogP contribution < -0.4 is 5.32 Å². The summed E-state index contributed by atoms with van der Waals surface area (Å²) in [5.41, 5.74) is 2.10. The molecule has 1 aromatic heterocycles. The third-order valence-electron chi connectivity index (χ3n) is 4.39. The van der Waals surface area contributed by atoms with E-state index in [9.17, 15) is 9.59 Å². The lowest BCUT2D eigenvalue weighted by Crippen LogP contribution is -2.40. The summed E-state index contributed by atoms with van der Waals surface area (Å²) in [7, 11) is 1.83. The molecule has 7 nitrogen and oxygen atoms in total. The molecule has 1 saturated heterocycles. The highest BCUT2D eigenvalue weighted by Crippen LogP contribution is 2.28. The number of aromatic nitrogens is 2. The monoisotopic (exact) mass is 325 g/mol. The molecule has 0 aliphatic carbocycles. The van der Waals surface area contributed by atoms with Crippen LogP contribution in [0.5, 0.6) is 0 Å². The van der Waals surface area contributed by atoms with Crippen LogP contribution in [0.25, 0.3) is 0 Å². The van der Waals surface area contributed by atoms with Gasteiger partial charge in [0.05, 0.1) is 11.9 Å². The maximum absolute atomic E-state index is 12.7. The average molecular weight is 325 g/mol. The zero-order valence-corrected chi connectivity index (χ0v) is 14.1. The van der Waals surface area contributed by atoms with E-state index < -0.39 is 17.5 Å². The maximum atomic E-state index is 12.7. The Morgan fingerprint density at radius 3 is 2.46 bits per heavy atom. The number of nitrogens with one attached hydrogen (secondary N) is 1. The van der Waals surface area contributed by atoms with Gasteiger partial charge in [-0.1, -0.05) is 30.3 Å². The number of amides is 3. The minimum atomic E-state index is -1.12. The molecule has 0 unspecified atom stereocenters. The van der Waals surface area contributed by atoms with Crippen LogP contribution in [0.1, 0.15) is 29.4 Å². The molecule has 1 aliphatic rings. The fourth-order valence-corrected chi connectivity index (χ4v) is 2.79. The molecule has 24 heavy (non-hydrogen) atoms. The summed E-state index contributed by atoms with van der Waals surface area (Å²) in [5.74, 6) is -0.408. The van der Waals surface area contributed by atoms with E-state index in [1.165, 1.54) is 6.21 Å². The van der Waals surface area contributed by atoms with E-state index >= 15 is 0 Å². The van der Waals surface area contributed by atoms with Crippen molar-refractivity contribution in [3.8, 4) is 0 Å². The Morgan fingerprint density at radius 1 is 1.21 bits per heavy atom. The van der Waals surface area contributed by atoms with E-state index in [1.54, 1.807) is 23.7 Å². The molecule has 3 rings (SSSR count). The summed E-state index contributed by atoms with van der Waals surface area (Å²) >= 11 is 0. The van der Waals surface area contributed by atoms with Gasteiger partial charge in [0.1, 0.15) is 5.54 Å². The predicted octanol–water partition coefficient (Wildman–Crippen LogP) is 1.84. The van der Waals surface area contributed by atoms with Crippen molar-refractivity contribution in [3.05, 3.63) is 52.8 Å². The highest BCUT2D eigenvalue weighted by atomic mass is 16.2. The van der Waals surface area contributed by atoms with Gasteiger partial charge in [-0.15, -0.1) is 5.01 Å². The summed E-state index contributed by atoms with van der Waals surface area (Å²) in [4.78, 5) is 25.0. The molecule has 1 aromatic carbocycles. The van der Waals surface area contributed by atoms with Gasteiger partial charge < -0.3 is 5.32 Å². The Balaban J connectivity index is 1.92. The number of benzene rings is 1. The summed E-state index contributed by atoms with van der Waals surface area (Å²) in [6.07, 6.45) is 1.51. The van der Waals surface area contributed by atoms with E-state index in [2.05, 4.69) is 15.5 Å². The number of aryl methyl sites for hydroxylation is 2. The molecule has 2 heterocycles. The van der Waals surface area contributed by atoms with Gasteiger partial charge in [-0.3, -0.25) is 9.48 Å². The van der Waals surface area contributed by atoms with Gasteiger partial charge in [0.25, 0.3) is 5.91 Å². The number of hydrogen-bond acceptors (Lipinski definition) is 4. The maximum Gasteiger partial charge on any atom is 0.346 e. The molecule has 0 radical (unpaired) electrons. The Hall–Kier alpha value is -2.96. The highest BCUT2D eigenvalue weighted by Gasteiger charge is 2.49. The number of hydrogen-bond donors (Lipinski definition) is 1. The normalized spacial score (nSPS) is 20.9. The van der Waals surface area contributed by atoms with E-state index in [1.807, 2.05) is 39.1 Å². The third-order valence-corrected chi connectivity index (χ3v) is 4.39. The molecule has 0 saturated carbocycles. The van der Waals surface area contributed by atoms with E-state index in [0.29, 0.717) is 0 Å². The molecular formula is C17H19N5O2. The minimum Gasteiger partial charge on any atom is -0.318 e. The van der Waals surface area contributed by atoms with Crippen LogP contribution in [0.15, 0.2) is 35.4 Å². The van der Waals surface area contributed by atoms with Crippen LogP contribution in [-0.4, -0.2) is 32.9 Å². The smallest absolute Gasteiger partial charge is 0.318 e. The second-order valence-electron chi connectivity index (χ2n) is 5.99. The van der Waals surface area contributed by atoms with Crippen LogP contribution >= 0.6 is 0 Å². The Labute approximate surface area is 140 Å². The fraction of sp³-hybridized carbons (Fsp3) is 0.294. The van der Waals surface area contributed by atoms with Gasteiger partial charge in [-0.2, -0.15) is 10.2 Å². The van der Waals surface area contributed by atoms with E-state index in [4.69, 9.17) is 0 Å². The Kier molecular flexibility index (Phi) is 3.71. The van der Waals surface area contributed by atoms with Gasteiger partial charge in [-0.25, -0.2) is 4.79 Å². The van der Waals surface area contributed by atoms with Crippen LogP contribution in [0.4, 0.5) is 4.79 Å². The number of urea groups is 1. The quantitative estimate of drug-likeness (QED) is 0.691. The van der Waals surface area contributed by atoms with E-state index in [0.717, 1.165) is 27.5 Å². The van der Waals surface area contributed by atoms with Crippen LogP contribution in [0.3, 0.4) is 0 Å². The van der Waals surface area contributed by atoms with Crippen LogP contribution in [-0.2, 0) is 17.4 Å². The molecule has 1 aliphatic heterocycles. The first-order valence-electron chi connectivity index (χ1n) is 7.61. The zero-order chi connectivity index (χ0) is 17.5. The second-order valence-corrected chi connectivity index (χ2v) is 5.99. The van der Waals surface area contributed by atoms with Gasteiger partial charge in [0.15, 0.2) is 0 Å². The molecule has 1 fully saturated rings.